The Labute approximate surface area is 96.6 Å². The maximum atomic E-state index is 12.1. The first-order valence-corrected chi connectivity index (χ1v) is 4.82. The summed E-state index contributed by atoms with van der Waals surface area (Å²) in [5.41, 5.74) is 1.82. The molecule has 0 aliphatic rings. The molecule has 15 heavy (non-hydrogen) atoms. The van der Waals surface area contributed by atoms with Crippen LogP contribution in [0.2, 0.25) is 0 Å². The molecular formula is C9H11ClF3NS. The maximum absolute atomic E-state index is 12.1. The van der Waals surface area contributed by atoms with Gasteiger partial charge in [-0.25, -0.2) is 0 Å². The molecule has 1 aromatic carbocycles. The van der Waals surface area contributed by atoms with Gasteiger partial charge in [0, 0.05) is 10.9 Å². The molecule has 86 valence electrons. The van der Waals surface area contributed by atoms with Crippen LogP contribution in [0.25, 0.3) is 0 Å². The lowest BCUT2D eigenvalue weighted by molar-refractivity contribution is -0.0328. The van der Waals surface area contributed by atoms with Crippen molar-refractivity contribution < 1.29 is 13.2 Å². The van der Waals surface area contributed by atoms with Crippen molar-refractivity contribution in [2.24, 2.45) is 5.73 Å². The molecule has 6 heteroatoms. The molecule has 0 amide bonds. The summed E-state index contributed by atoms with van der Waals surface area (Å²) >= 11 is -0.124. The molecule has 0 spiro atoms. The van der Waals surface area contributed by atoms with Gasteiger partial charge in [0.25, 0.3) is 0 Å². The van der Waals surface area contributed by atoms with Gasteiger partial charge in [-0.05, 0) is 30.3 Å². The lowest BCUT2D eigenvalue weighted by Crippen LogP contribution is -2.08. The second kappa shape index (κ2) is 5.63. The van der Waals surface area contributed by atoms with E-state index < -0.39 is 5.51 Å². The first-order chi connectivity index (χ1) is 6.40. The summed E-state index contributed by atoms with van der Waals surface area (Å²) in [6.07, 6.45) is 0. The van der Waals surface area contributed by atoms with Gasteiger partial charge in [-0.2, -0.15) is 13.2 Å². The van der Waals surface area contributed by atoms with E-state index >= 15 is 0 Å². The van der Waals surface area contributed by atoms with Crippen molar-refractivity contribution >= 4 is 24.2 Å². The highest BCUT2D eigenvalue weighted by atomic mass is 35.5. The molecule has 1 aromatic rings. The zero-order valence-corrected chi connectivity index (χ0v) is 9.55. The van der Waals surface area contributed by atoms with E-state index in [1.807, 2.05) is 0 Å². The van der Waals surface area contributed by atoms with E-state index in [2.05, 4.69) is 0 Å². The van der Waals surface area contributed by atoms with Gasteiger partial charge in [-0.1, -0.05) is 18.2 Å². The minimum atomic E-state index is -4.26. The summed E-state index contributed by atoms with van der Waals surface area (Å²) in [4.78, 5) is 0.176. The molecule has 0 saturated carbocycles. The van der Waals surface area contributed by atoms with E-state index in [0.717, 1.165) is 0 Å². The van der Waals surface area contributed by atoms with Crippen molar-refractivity contribution in [3.63, 3.8) is 0 Å². The fourth-order valence-corrected chi connectivity index (χ4v) is 1.84. The second-order valence-electron chi connectivity index (χ2n) is 2.87. The number of hydrogen-bond donors (Lipinski definition) is 1. The third kappa shape index (κ3) is 4.77. The Hall–Kier alpha value is -0.390. The number of alkyl halides is 3. The van der Waals surface area contributed by atoms with Crippen LogP contribution < -0.4 is 5.73 Å². The number of benzene rings is 1. The Morgan fingerprint density at radius 1 is 1.27 bits per heavy atom. The molecule has 0 unspecified atom stereocenters. The summed E-state index contributed by atoms with van der Waals surface area (Å²) < 4.78 is 36.3. The molecule has 0 bridgehead atoms. The van der Waals surface area contributed by atoms with E-state index in [-0.39, 0.29) is 35.1 Å². The molecule has 0 heterocycles. The van der Waals surface area contributed by atoms with Gasteiger partial charge in [-0.15, -0.1) is 12.4 Å². The predicted molar refractivity (Wildman–Crippen MR) is 58.2 cm³/mol. The Balaban J connectivity index is 0.00000196. The van der Waals surface area contributed by atoms with Crippen LogP contribution >= 0.6 is 24.2 Å². The number of rotatable bonds is 2. The van der Waals surface area contributed by atoms with E-state index in [1.165, 1.54) is 6.07 Å². The van der Waals surface area contributed by atoms with Gasteiger partial charge < -0.3 is 5.73 Å². The molecule has 0 aliphatic carbocycles. The van der Waals surface area contributed by atoms with Crippen LogP contribution in [0.4, 0.5) is 13.2 Å². The minimum Gasteiger partial charge on any atom is -0.324 e. The third-order valence-electron chi connectivity index (χ3n) is 1.64. The van der Waals surface area contributed by atoms with E-state index in [0.29, 0.717) is 5.56 Å². The lowest BCUT2D eigenvalue weighted by atomic mass is 10.1. The maximum Gasteiger partial charge on any atom is 0.446 e. The first kappa shape index (κ1) is 14.6. The molecule has 0 fully saturated rings. The Morgan fingerprint density at radius 3 is 2.27 bits per heavy atom. The topological polar surface area (TPSA) is 26.0 Å². The molecular weight excluding hydrogens is 247 g/mol. The van der Waals surface area contributed by atoms with Crippen molar-refractivity contribution in [3.05, 3.63) is 29.8 Å². The molecule has 1 atom stereocenters. The molecule has 0 aliphatic heterocycles. The van der Waals surface area contributed by atoms with E-state index in [9.17, 15) is 13.2 Å². The van der Waals surface area contributed by atoms with Crippen LogP contribution in [0, 0.1) is 0 Å². The summed E-state index contributed by atoms with van der Waals surface area (Å²) in [5.74, 6) is 0. The van der Waals surface area contributed by atoms with Crippen molar-refractivity contribution in [2.75, 3.05) is 0 Å². The van der Waals surface area contributed by atoms with Gasteiger partial charge in [0.15, 0.2) is 0 Å². The van der Waals surface area contributed by atoms with E-state index in [4.69, 9.17) is 5.73 Å². The fourth-order valence-electron chi connectivity index (χ4n) is 1.07. The summed E-state index contributed by atoms with van der Waals surface area (Å²) in [5, 5.41) is 0. The molecule has 0 aromatic heterocycles. The van der Waals surface area contributed by atoms with Gasteiger partial charge >= 0.3 is 5.51 Å². The highest BCUT2D eigenvalue weighted by Crippen LogP contribution is 2.39. The predicted octanol–water partition coefficient (Wildman–Crippen LogP) is 3.74. The largest absolute Gasteiger partial charge is 0.446 e. The second-order valence-corrected chi connectivity index (χ2v) is 3.98. The monoisotopic (exact) mass is 257 g/mol. The average molecular weight is 258 g/mol. The molecule has 0 saturated heterocycles. The smallest absolute Gasteiger partial charge is 0.324 e. The third-order valence-corrected chi connectivity index (χ3v) is 2.46. The number of hydrogen-bond acceptors (Lipinski definition) is 2. The van der Waals surface area contributed by atoms with Crippen LogP contribution in [0.15, 0.2) is 29.2 Å². The normalized spacial score (nSPS) is 13.1. The SMILES string of the molecule is C[C@H](N)c1ccccc1SC(F)(F)F.Cl. The van der Waals surface area contributed by atoms with Crippen molar-refractivity contribution in [1.82, 2.24) is 0 Å². The summed E-state index contributed by atoms with van der Waals surface area (Å²) in [6.45, 7) is 1.66. The van der Waals surface area contributed by atoms with Crippen molar-refractivity contribution in [3.8, 4) is 0 Å². The zero-order valence-electron chi connectivity index (χ0n) is 7.91. The lowest BCUT2D eigenvalue weighted by Gasteiger charge is -2.13. The quantitative estimate of drug-likeness (QED) is 0.817. The van der Waals surface area contributed by atoms with Crippen LogP contribution in [0.3, 0.4) is 0 Å². The van der Waals surface area contributed by atoms with Gasteiger partial charge in [0.2, 0.25) is 0 Å². The molecule has 0 radical (unpaired) electrons. The summed E-state index contributed by atoms with van der Waals surface area (Å²) in [6, 6.07) is 5.90. The number of nitrogens with two attached hydrogens (primary N) is 1. The van der Waals surface area contributed by atoms with Crippen LogP contribution in [-0.2, 0) is 0 Å². The molecule has 2 N–H and O–H groups in total. The van der Waals surface area contributed by atoms with Gasteiger partial charge in [0.1, 0.15) is 0 Å². The van der Waals surface area contributed by atoms with Crippen LogP contribution in [-0.4, -0.2) is 5.51 Å². The zero-order chi connectivity index (χ0) is 10.8. The number of thioether (sulfide) groups is 1. The standard InChI is InChI=1S/C9H10F3NS.ClH/c1-6(13)7-4-2-3-5-8(7)14-9(10,11)12;/h2-6H,13H2,1H3;1H/t6-;/m0./s1. The Morgan fingerprint density at radius 2 is 1.80 bits per heavy atom. The van der Waals surface area contributed by atoms with Crippen LogP contribution in [0.1, 0.15) is 18.5 Å². The van der Waals surface area contributed by atoms with Crippen molar-refractivity contribution in [1.29, 1.82) is 0 Å². The highest BCUT2D eigenvalue weighted by Gasteiger charge is 2.30. The Bertz CT molecular complexity index is 314. The summed E-state index contributed by atoms with van der Waals surface area (Å²) in [7, 11) is 0. The highest BCUT2D eigenvalue weighted by molar-refractivity contribution is 8.00. The molecule has 1 rings (SSSR count). The first-order valence-electron chi connectivity index (χ1n) is 4.00. The van der Waals surface area contributed by atoms with Gasteiger partial charge in [0.05, 0.1) is 0 Å². The average Bonchev–Trinajstić information content (AvgIpc) is 2.01. The fraction of sp³-hybridized carbons (Fsp3) is 0.333. The van der Waals surface area contributed by atoms with Crippen molar-refractivity contribution in [2.45, 2.75) is 23.4 Å². The Kier molecular flexibility index (Phi) is 5.48. The number of halogens is 4. The van der Waals surface area contributed by atoms with Crippen LogP contribution in [0.5, 0.6) is 0 Å². The minimum absolute atomic E-state index is 0. The van der Waals surface area contributed by atoms with Gasteiger partial charge in [-0.3, -0.25) is 0 Å². The molecule has 1 nitrogen and oxygen atoms in total. The van der Waals surface area contributed by atoms with E-state index in [1.54, 1.807) is 25.1 Å².